The highest BCUT2D eigenvalue weighted by Gasteiger charge is 2.63. The Morgan fingerprint density at radius 3 is 1.65 bits per heavy atom. The quantitative estimate of drug-likeness (QED) is 0.0664. The van der Waals surface area contributed by atoms with Gasteiger partial charge in [-0.15, -0.1) is 22.7 Å². The molecular weight excluding hydrogens is 721 g/mol. The SMILES string of the molecule is O=C1C(=O)c2ccccc2/C1=C/c1nc2c(s1)-c1sc(/C=C3\CC(=O)c4ccccc43)nc1C2(C(=O)OCc1ccccc1)C(=O)OCc1ccccc1. The summed E-state index contributed by atoms with van der Waals surface area (Å²) in [5.41, 5.74) is 2.54. The number of fused-ring (bicyclic) bond motifs is 5. The first kappa shape index (κ1) is 33.4. The van der Waals surface area contributed by atoms with Crippen LogP contribution in [0.3, 0.4) is 0 Å². The van der Waals surface area contributed by atoms with E-state index in [1.807, 2.05) is 60.7 Å². The molecule has 0 bridgehead atoms. The van der Waals surface area contributed by atoms with E-state index in [2.05, 4.69) is 0 Å². The third-order valence-electron chi connectivity index (χ3n) is 9.64. The highest BCUT2D eigenvalue weighted by molar-refractivity contribution is 7.23. The van der Waals surface area contributed by atoms with Gasteiger partial charge in [0.05, 0.1) is 21.1 Å². The molecule has 3 aliphatic rings. The van der Waals surface area contributed by atoms with Crippen LogP contribution in [0.1, 0.15) is 70.8 Å². The second kappa shape index (κ2) is 13.2. The lowest BCUT2D eigenvalue weighted by atomic mass is 9.84. The maximum Gasteiger partial charge on any atom is 0.336 e. The maximum atomic E-state index is 14.7. The molecule has 0 aliphatic heterocycles. The van der Waals surface area contributed by atoms with E-state index >= 15 is 0 Å². The van der Waals surface area contributed by atoms with E-state index < -0.39 is 28.9 Å². The zero-order valence-corrected chi connectivity index (χ0v) is 29.9. The average Bonchev–Trinajstić information content (AvgIpc) is 3.99. The summed E-state index contributed by atoms with van der Waals surface area (Å²) in [6.45, 7) is -0.265. The Balaban J connectivity index is 1.21. The lowest BCUT2D eigenvalue weighted by molar-refractivity contribution is -0.164. The Labute approximate surface area is 316 Å². The maximum absolute atomic E-state index is 14.7. The monoisotopic (exact) mass is 746 g/mol. The van der Waals surface area contributed by atoms with E-state index in [9.17, 15) is 24.0 Å². The number of thiazole rings is 2. The number of hydrogen-bond acceptors (Lipinski definition) is 11. The van der Waals surface area contributed by atoms with Crippen LogP contribution in [0.2, 0.25) is 0 Å². The summed E-state index contributed by atoms with van der Waals surface area (Å²) in [5, 5.41) is 0.776. The van der Waals surface area contributed by atoms with Gasteiger partial charge in [0.15, 0.2) is 5.78 Å². The first-order valence-electron chi connectivity index (χ1n) is 17.0. The van der Waals surface area contributed by atoms with Crippen molar-refractivity contribution in [1.82, 2.24) is 9.97 Å². The van der Waals surface area contributed by atoms with Gasteiger partial charge >= 0.3 is 11.9 Å². The largest absolute Gasteiger partial charge is 0.459 e. The molecule has 9 nitrogen and oxygen atoms in total. The molecule has 0 N–H and O–H groups in total. The van der Waals surface area contributed by atoms with Crippen molar-refractivity contribution in [2.24, 2.45) is 0 Å². The van der Waals surface area contributed by atoms with Crippen LogP contribution in [0.4, 0.5) is 0 Å². The smallest absolute Gasteiger partial charge is 0.336 e. The van der Waals surface area contributed by atoms with Crippen LogP contribution < -0.4 is 0 Å². The van der Waals surface area contributed by atoms with Crippen molar-refractivity contribution in [2.75, 3.05) is 0 Å². The van der Waals surface area contributed by atoms with Crippen molar-refractivity contribution in [1.29, 1.82) is 0 Å². The van der Waals surface area contributed by atoms with Crippen molar-refractivity contribution < 1.29 is 33.4 Å². The fourth-order valence-electron chi connectivity index (χ4n) is 7.06. The van der Waals surface area contributed by atoms with Crippen molar-refractivity contribution >= 4 is 75.3 Å². The molecular formula is C43H26N2O7S2. The number of aromatic nitrogens is 2. The highest BCUT2D eigenvalue weighted by atomic mass is 32.1. The number of hydrogen-bond donors (Lipinski definition) is 0. The number of esters is 2. The molecule has 0 atom stereocenters. The van der Waals surface area contributed by atoms with Crippen LogP contribution in [0.25, 0.3) is 33.1 Å². The molecule has 6 aromatic rings. The molecule has 9 rings (SSSR count). The summed E-state index contributed by atoms with van der Waals surface area (Å²) < 4.78 is 11.9. The fourth-order valence-corrected chi connectivity index (χ4v) is 9.34. The van der Waals surface area contributed by atoms with Crippen LogP contribution in [0.15, 0.2) is 109 Å². The molecule has 0 radical (unpaired) electrons. The number of carbonyl (C=O) groups excluding carboxylic acids is 5. The second-order valence-electron chi connectivity index (χ2n) is 12.9. The Hall–Kier alpha value is -6.43. The van der Waals surface area contributed by atoms with Gasteiger partial charge in [0.1, 0.15) is 23.2 Å². The third kappa shape index (κ3) is 5.39. The lowest BCUT2D eigenvalue weighted by Gasteiger charge is -2.24. The number of nitrogens with zero attached hydrogens (tertiary/aromatic N) is 2. The summed E-state index contributed by atoms with van der Waals surface area (Å²) in [6.07, 6.45) is 3.52. The van der Waals surface area contributed by atoms with Crippen molar-refractivity contribution in [2.45, 2.75) is 25.0 Å². The lowest BCUT2D eigenvalue weighted by Crippen LogP contribution is -2.46. The van der Waals surface area contributed by atoms with Gasteiger partial charge in [0.25, 0.3) is 5.41 Å². The number of carbonyl (C=O) groups is 5. The summed E-state index contributed by atoms with van der Waals surface area (Å²) >= 11 is 2.42. The van der Waals surface area contributed by atoms with Crippen molar-refractivity contribution in [3.05, 3.63) is 164 Å². The minimum absolute atomic E-state index is 0.00629. The highest BCUT2D eigenvalue weighted by Crippen LogP contribution is 2.55. The molecule has 3 aliphatic carbocycles. The molecule has 4 aromatic carbocycles. The van der Waals surface area contributed by atoms with Crippen molar-refractivity contribution in [3.63, 3.8) is 0 Å². The van der Waals surface area contributed by atoms with Gasteiger partial charge in [-0.1, -0.05) is 109 Å². The molecule has 262 valence electrons. The van der Waals surface area contributed by atoms with Crippen LogP contribution in [0, 0.1) is 0 Å². The molecule has 2 heterocycles. The first-order chi connectivity index (χ1) is 26.3. The van der Waals surface area contributed by atoms with Gasteiger partial charge in [-0.3, -0.25) is 14.4 Å². The van der Waals surface area contributed by atoms with Crippen LogP contribution in [-0.2, 0) is 42.5 Å². The molecule has 0 saturated carbocycles. The van der Waals surface area contributed by atoms with Crippen LogP contribution in [0.5, 0.6) is 0 Å². The van der Waals surface area contributed by atoms with E-state index in [1.165, 1.54) is 28.7 Å². The van der Waals surface area contributed by atoms with Gasteiger partial charge in [0.2, 0.25) is 11.6 Å². The average molecular weight is 747 g/mol. The van der Waals surface area contributed by atoms with Gasteiger partial charge in [0, 0.05) is 23.1 Å². The Bertz CT molecular complexity index is 2580. The normalized spacial score (nSPS) is 16.3. The van der Waals surface area contributed by atoms with E-state index in [1.54, 1.807) is 54.6 Å². The standard InChI is InChI=1S/C43H26N2O7S2/c46-32-19-26(27-15-7-9-17-29(27)32)20-33-44-39-37(53-33)38-40(45-34(54-38)21-31-28-16-8-10-18-30(28)35(47)36(31)48)43(39,41(49)51-22-24-11-3-1-4-12-24)42(50)52-23-25-13-5-2-6-14-25/h1-18,20-21H,19,22-23H2/b26-20+,31-21-. The summed E-state index contributed by atoms with van der Waals surface area (Å²) in [6, 6.07) is 32.3. The van der Waals surface area contributed by atoms with E-state index in [0.29, 0.717) is 47.6 Å². The number of Topliss-reactive ketones (excluding diaryl/α,β-unsaturated/α-hetero) is 3. The predicted octanol–water partition coefficient (Wildman–Crippen LogP) is 7.79. The van der Waals surface area contributed by atoms with Gasteiger partial charge in [-0.25, -0.2) is 19.6 Å². The van der Waals surface area contributed by atoms with Gasteiger partial charge in [-0.05, 0) is 40.0 Å². The minimum Gasteiger partial charge on any atom is -0.459 e. The topological polar surface area (TPSA) is 130 Å². The molecule has 11 heteroatoms. The van der Waals surface area contributed by atoms with Gasteiger partial charge in [-0.2, -0.15) is 0 Å². The molecule has 0 unspecified atom stereocenters. The number of ketones is 3. The number of allylic oxidation sites excluding steroid dienone is 2. The zero-order chi connectivity index (χ0) is 37.0. The minimum atomic E-state index is -2.23. The second-order valence-corrected chi connectivity index (χ2v) is 15.0. The van der Waals surface area contributed by atoms with E-state index in [0.717, 1.165) is 11.1 Å². The molecule has 0 amide bonds. The fraction of sp³-hybridized carbons (Fsp3) is 0.0930. The summed E-state index contributed by atoms with van der Waals surface area (Å²) in [4.78, 5) is 79.1. The summed E-state index contributed by atoms with van der Waals surface area (Å²) in [5.74, 6) is -3.12. The Morgan fingerprint density at radius 2 is 1.07 bits per heavy atom. The predicted molar refractivity (Wildman–Crippen MR) is 203 cm³/mol. The molecule has 0 spiro atoms. The Morgan fingerprint density at radius 1 is 0.593 bits per heavy atom. The van der Waals surface area contributed by atoms with E-state index in [4.69, 9.17) is 19.4 Å². The zero-order valence-electron chi connectivity index (χ0n) is 28.2. The molecule has 2 aromatic heterocycles. The van der Waals surface area contributed by atoms with Crippen LogP contribution >= 0.6 is 22.7 Å². The third-order valence-corrected chi connectivity index (χ3v) is 11.8. The molecule has 0 saturated heterocycles. The summed E-state index contributed by atoms with van der Waals surface area (Å²) in [7, 11) is 0. The van der Waals surface area contributed by atoms with Crippen molar-refractivity contribution in [3.8, 4) is 9.75 Å². The molecule has 0 fully saturated rings. The van der Waals surface area contributed by atoms with Gasteiger partial charge < -0.3 is 9.47 Å². The Kier molecular flexibility index (Phi) is 8.17. The molecule has 54 heavy (non-hydrogen) atoms. The first-order valence-corrected chi connectivity index (χ1v) is 18.6. The number of ether oxygens (including phenoxy) is 2. The number of rotatable bonds is 8. The van der Waals surface area contributed by atoms with E-state index in [-0.39, 0.29) is 42.4 Å². The number of benzene rings is 4. The van der Waals surface area contributed by atoms with Crippen LogP contribution in [-0.4, -0.2) is 39.3 Å².